The highest BCUT2D eigenvalue weighted by molar-refractivity contribution is 5.36. The maximum Gasteiger partial charge on any atom is 0.118 e. The Labute approximate surface area is 86.8 Å². The van der Waals surface area contributed by atoms with E-state index in [1.807, 2.05) is 12.1 Å². The van der Waals surface area contributed by atoms with Gasteiger partial charge in [0.15, 0.2) is 0 Å². The Morgan fingerprint density at radius 3 is 2.50 bits per heavy atom. The zero-order valence-corrected chi connectivity index (χ0v) is 9.21. The molecule has 0 atom stereocenters. The van der Waals surface area contributed by atoms with Crippen molar-refractivity contribution in [1.29, 1.82) is 0 Å². The second kappa shape index (κ2) is 5.69. The molecule has 0 aliphatic carbocycles. The van der Waals surface area contributed by atoms with Gasteiger partial charge in [-0.1, -0.05) is 38.8 Å². The van der Waals surface area contributed by atoms with Crippen molar-refractivity contribution in [2.45, 2.75) is 46.0 Å². The van der Waals surface area contributed by atoms with Gasteiger partial charge in [0.2, 0.25) is 0 Å². The summed E-state index contributed by atoms with van der Waals surface area (Å²) in [5.41, 5.74) is 2.45. The molecule has 0 heterocycles. The number of unbranched alkanes of at least 4 members (excludes halogenated alkanes) is 1. The van der Waals surface area contributed by atoms with Crippen molar-refractivity contribution >= 4 is 0 Å². The van der Waals surface area contributed by atoms with Crippen LogP contribution in [0.3, 0.4) is 0 Å². The summed E-state index contributed by atoms with van der Waals surface area (Å²) >= 11 is 0. The van der Waals surface area contributed by atoms with Gasteiger partial charge in [0.05, 0.1) is 0 Å². The standard InChI is InChI=1S/C13H20O/c1-3-5-7-12-10-11(6-4-2)8-9-13(12)14/h8-10,14H,3-7H2,1-2H3. The van der Waals surface area contributed by atoms with E-state index in [-0.39, 0.29) is 0 Å². The zero-order valence-electron chi connectivity index (χ0n) is 9.21. The lowest BCUT2D eigenvalue weighted by atomic mass is 10.0. The van der Waals surface area contributed by atoms with E-state index < -0.39 is 0 Å². The highest BCUT2D eigenvalue weighted by atomic mass is 16.3. The molecular formula is C13H20O. The molecule has 0 amide bonds. The minimum absolute atomic E-state index is 0.457. The van der Waals surface area contributed by atoms with E-state index in [0.717, 1.165) is 31.2 Å². The van der Waals surface area contributed by atoms with Crippen LogP contribution in [0.1, 0.15) is 44.2 Å². The van der Waals surface area contributed by atoms with Gasteiger partial charge in [-0.05, 0) is 36.5 Å². The van der Waals surface area contributed by atoms with Crippen molar-refractivity contribution in [3.05, 3.63) is 29.3 Å². The van der Waals surface area contributed by atoms with Crippen molar-refractivity contribution in [3.8, 4) is 5.75 Å². The fourth-order valence-electron chi connectivity index (χ4n) is 1.65. The van der Waals surface area contributed by atoms with Gasteiger partial charge in [-0.3, -0.25) is 0 Å². The summed E-state index contributed by atoms with van der Waals surface area (Å²) in [6, 6.07) is 6.00. The van der Waals surface area contributed by atoms with Crippen LogP contribution in [-0.2, 0) is 12.8 Å². The summed E-state index contributed by atoms with van der Waals surface area (Å²) in [5, 5.41) is 9.63. The Morgan fingerprint density at radius 1 is 1.07 bits per heavy atom. The number of rotatable bonds is 5. The molecule has 0 saturated carbocycles. The summed E-state index contributed by atoms with van der Waals surface area (Å²) in [4.78, 5) is 0. The Bertz CT molecular complexity index is 279. The predicted molar refractivity (Wildman–Crippen MR) is 60.7 cm³/mol. The summed E-state index contributed by atoms with van der Waals surface area (Å²) in [5.74, 6) is 0.457. The third-order valence-corrected chi connectivity index (χ3v) is 2.48. The molecular weight excluding hydrogens is 172 g/mol. The lowest BCUT2D eigenvalue weighted by molar-refractivity contribution is 0.466. The van der Waals surface area contributed by atoms with Crippen molar-refractivity contribution in [3.63, 3.8) is 0 Å². The third kappa shape index (κ3) is 3.06. The highest BCUT2D eigenvalue weighted by Gasteiger charge is 2.01. The van der Waals surface area contributed by atoms with Gasteiger partial charge >= 0.3 is 0 Å². The fraction of sp³-hybridized carbons (Fsp3) is 0.538. The van der Waals surface area contributed by atoms with Gasteiger partial charge in [0, 0.05) is 0 Å². The first-order chi connectivity index (χ1) is 6.77. The van der Waals surface area contributed by atoms with Gasteiger partial charge in [0.1, 0.15) is 5.75 Å². The maximum absolute atomic E-state index is 9.63. The molecule has 0 saturated heterocycles. The molecule has 1 nitrogen and oxygen atoms in total. The number of phenols is 1. The predicted octanol–water partition coefficient (Wildman–Crippen LogP) is 3.69. The summed E-state index contributed by atoms with van der Waals surface area (Å²) in [7, 11) is 0. The van der Waals surface area contributed by atoms with Crippen molar-refractivity contribution in [2.24, 2.45) is 0 Å². The molecule has 0 spiro atoms. The molecule has 0 unspecified atom stereocenters. The molecule has 14 heavy (non-hydrogen) atoms. The topological polar surface area (TPSA) is 20.2 Å². The first kappa shape index (κ1) is 11.1. The second-order valence-corrected chi connectivity index (χ2v) is 3.82. The van der Waals surface area contributed by atoms with Crippen LogP contribution >= 0.6 is 0 Å². The second-order valence-electron chi connectivity index (χ2n) is 3.82. The molecule has 1 aromatic rings. The monoisotopic (exact) mass is 192 g/mol. The summed E-state index contributed by atoms with van der Waals surface area (Å²) in [6.07, 6.45) is 5.61. The third-order valence-electron chi connectivity index (χ3n) is 2.48. The Kier molecular flexibility index (Phi) is 4.51. The molecule has 1 heteroatoms. The van der Waals surface area contributed by atoms with Crippen LogP contribution in [0.2, 0.25) is 0 Å². The molecule has 0 aliphatic rings. The van der Waals surface area contributed by atoms with E-state index in [0.29, 0.717) is 5.75 Å². The van der Waals surface area contributed by atoms with E-state index >= 15 is 0 Å². The Morgan fingerprint density at radius 2 is 1.86 bits per heavy atom. The fourth-order valence-corrected chi connectivity index (χ4v) is 1.65. The van der Waals surface area contributed by atoms with Crippen LogP contribution in [-0.4, -0.2) is 5.11 Å². The van der Waals surface area contributed by atoms with E-state index in [1.165, 1.54) is 12.0 Å². The molecule has 0 radical (unpaired) electrons. The molecule has 0 aliphatic heterocycles. The van der Waals surface area contributed by atoms with E-state index in [4.69, 9.17) is 0 Å². The normalized spacial score (nSPS) is 10.4. The zero-order chi connectivity index (χ0) is 10.4. The van der Waals surface area contributed by atoms with Crippen LogP contribution in [0.15, 0.2) is 18.2 Å². The number of phenolic OH excluding ortho intramolecular Hbond substituents is 1. The molecule has 0 fully saturated rings. The molecule has 1 N–H and O–H groups in total. The smallest absolute Gasteiger partial charge is 0.118 e. The van der Waals surface area contributed by atoms with Crippen LogP contribution in [0.5, 0.6) is 5.75 Å². The highest BCUT2D eigenvalue weighted by Crippen LogP contribution is 2.21. The average molecular weight is 192 g/mol. The SMILES string of the molecule is CCCCc1cc(CCC)ccc1O. The Balaban J connectivity index is 2.74. The molecule has 0 aromatic heterocycles. The van der Waals surface area contributed by atoms with Gasteiger partial charge in [-0.2, -0.15) is 0 Å². The van der Waals surface area contributed by atoms with Crippen LogP contribution in [0.4, 0.5) is 0 Å². The minimum Gasteiger partial charge on any atom is -0.508 e. The van der Waals surface area contributed by atoms with Gasteiger partial charge in [-0.25, -0.2) is 0 Å². The largest absolute Gasteiger partial charge is 0.508 e. The van der Waals surface area contributed by atoms with Gasteiger partial charge < -0.3 is 5.11 Å². The number of aromatic hydroxyl groups is 1. The van der Waals surface area contributed by atoms with E-state index in [9.17, 15) is 5.11 Å². The summed E-state index contributed by atoms with van der Waals surface area (Å²) in [6.45, 7) is 4.35. The lowest BCUT2D eigenvalue weighted by Crippen LogP contribution is -1.90. The van der Waals surface area contributed by atoms with Gasteiger partial charge in [0.25, 0.3) is 0 Å². The average Bonchev–Trinajstić information content (AvgIpc) is 2.19. The molecule has 0 bridgehead atoms. The van der Waals surface area contributed by atoms with E-state index in [2.05, 4.69) is 19.9 Å². The van der Waals surface area contributed by atoms with Crippen molar-refractivity contribution < 1.29 is 5.11 Å². The van der Waals surface area contributed by atoms with Crippen LogP contribution < -0.4 is 0 Å². The molecule has 1 aromatic carbocycles. The van der Waals surface area contributed by atoms with E-state index in [1.54, 1.807) is 0 Å². The number of benzene rings is 1. The van der Waals surface area contributed by atoms with Gasteiger partial charge in [-0.15, -0.1) is 0 Å². The lowest BCUT2D eigenvalue weighted by Gasteiger charge is -2.06. The first-order valence-electron chi connectivity index (χ1n) is 5.58. The number of hydrogen-bond donors (Lipinski definition) is 1. The quantitative estimate of drug-likeness (QED) is 0.754. The first-order valence-corrected chi connectivity index (χ1v) is 5.58. The number of hydrogen-bond acceptors (Lipinski definition) is 1. The number of aryl methyl sites for hydroxylation is 2. The molecule has 1 rings (SSSR count). The maximum atomic E-state index is 9.63. The van der Waals surface area contributed by atoms with Crippen molar-refractivity contribution in [1.82, 2.24) is 0 Å². The molecule has 78 valence electrons. The van der Waals surface area contributed by atoms with Crippen LogP contribution in [0, 0.1) is 0 Å². The Hall–Kier alpha value is -0.980. The minimum atomic E-state index is 0.457. The summed E-state index contributed by atoms with van der Waals surface area (Å²) < 4.78 is 0. The van der Waals surface area contributed by atoms with Crippen molar-refractivity contribution in [2.75, 3.05) is 0 Å². The van der Waals surface area contributed by atoms with Crippen LogP contribution in [0.25, 0.3) is 0 Å².